The first-order valence-electron chi connectivity index (χ1n) is 6.55. The van der Waals surface area contributed by atoms with Crippen molar-refractivity contribution in [1.82, 2.24) is 15.1 Å². The van der Waals surface area contributed by atoms with E-state index in [0.29, 0.717) is 6.04 Å². The van der Waals surface area contributed by atoms with Crippen molar-refractivity contribution in [2.45, 2.75) is 58.7 Å². The van der Waals surface area contributed by atoms with Crippen LogP contribution in [0.2, 0.25) is 0 Å². The fourth-order valence-corrected chi connectivity index (χ4v) is 2.38. The first kappa shape index (κ1) is 12.6. The van der Waals surface area contributed by atoms with Gasteiger partial charge in [0.2, 0.25) is 0 Å². The van der Waals surface area contributed by atoms with E-state index in [9.17, 15) is 5.11 Å². The van der Waals surface area contributed by atoms with Crippen molar-refractivity contribution in [3.8, 4) is 0 Å². The average Bonchev–Trinajstić information content (AvgIpc) is 3.07. The first-order chi connectivity index (χ1) is 8.15. The summed E-state index contributed by atoms with van der Waals surface area (Å²) in [6, 6.07) is 0.750. The van der Waals surface area contributed by atoms with Crippen LogP contribution in [0.5, 0.6) is 0 Å². The second kappa shape index (κ2) is 5.19. The lowest BCUT2D eigenvalue weighted by Crippen LogP contribution is -2.38. The third kappa shape index (κ3) is 2.87. The number of hydrogen-bond acceptors (Lipinski definition) is 3. The number of aliphatic hydroxyl groups is 1. The van der Waals surface area contributed by atoms with Gasteiger partial charge >= 0.3 is 0 Å². The standard InChI is InChI=1S/C13H23N3O/c1-4-13-9(2)15-16(10(13)3)7-12(8-17)14-11-5-6-11/h11-12,14,17H,4-8H2,1-3H3. The monoisotopic (exact) mass is 237 g/mol. The second-order valence-corrected chi connectivity index (χ2v) is 5.01. The van der Waals surface area contributed by atoms with Gasteiger partial charge in [-0.25, -0.2) is 0 Å². The van der Waals surface area contributed by atoms with E-state index in [2.05, 4.69) is 31.2 Å². The van der Waals surface area contributed by atoms with E-state index in [0.717, 1.165) is 18.7 Å². The molecule has 1 heterocycles. The van der Waals surface area contributed by atoms with Crippen molar-refractivity contribution in [3.63, 3.8) is 0 Å². The Bertz CT molecular complexity index is 382. The molecule has 0 bridgehead atoms. The molecule has 0 spiro atoms. The van der Waals surface area contributed by atoms with E-state index in [1.165, 1.54) is 24.1 Å². The Kier molecular flexibility index (Phi) is 3.84. The molecule has 0 amide bonds. The van der Waals surface area contributed by atoms with Crippen molar-refractivity contribution < 1.29 is 5.11 Å². The Morgan fingerprint density at radius 2 is 2.18 bits per heavy atom. The predicted octanol–water partition coefficient (Wildman–Crippen LogP) is 1.18. The molecular weight excluding hydrogens is 214 g/mol. The van der Waals surface area contributed by atoms with E-state index >= 15 is 0 Å². The summed E-state index contributed by atoms with van der Waals surface area (Å²) in [5.74, 6) is 0. The lowest BCUT2D eigenvalue weighted by atomic mass is 10.1. The van der Waals surface area contributed by atoms with Crippen LogP contribution in [0.25, 0.3) is 0 Å². The summed E-state index contributed by atoms with van der Waals surface area (Å²) in [6.45, 7) is 7.28. The Morgan fingerprint density at radius 1 is 1.47 bits per heavy atom. The quantitative estimate of drug-likeness (QED) is 0.781. The van der Waals surface area contributed by atoms with Crippen LogP contribution in [0.1, 0.15) is 36.7 Å². The van der Waals surface area contributed by atoms with E-state index in [1.54, 1.807) is 0 Å². The summed E-state index contributed by atoms with van der Waals surface area (Å²) in [7, 11) is 0. The zero-order valence-electron chi connectivity index (χ0n) is 11.0. The third-order valence-corrected chi connectivity index (χ3v) is 3.55. The zero-order chi connectivity index (χ0) is 12.4. The van der Waals surface area contributed by atoms with Crippen LogP contribution in [0, 0.1) is 13.8 Å². The van der Waals surface area contributed by atoms with Crippen LogP contribution in [0.15, 0.2) is 0 Å². The van der Waals surface area contributed by atoms with Gasteiger partial charge in [-0.15, -0.1) is 0 Å². The Hall–Kier alpha value is -0.870. The highest BCUT2D eigenvalue weighted by Crippen LogP contribution is 2.20. The molecule has 1 atom stereocenters. The zero-order valence-corrected chi connectivity index (χ0v) is 11.0. The lowest BCUT2D eigenvalue weighted by molar-refractivity contribution is 0.223. The number of aromatic nitrogens is 2. The topological polar surface area (TPSA) is 50.1 Å². The molecule has 4 nitrogen and oxygen atoms in total. The number of hydrogen-bond donors (Lipinski definition) is 2. The first-order valence-corrected chi connectivity index (χ1v) is 6.55. The molecule has 2 rings (SSSR count). The highest BCUT2D eigenvalue weighted by molar-refractivity contribution is 5.24. The van der Waals surface area contributed by atoms with Crippen molar-refractivity contribution in [1.29, 1.82) is 0 Å². The van der Waals surface area contributed by atoms with Crippen LogP contribution >= 0.6 is 0 Å². The Labute approximate surface area is 103 Å². The van der Waals surface area contributed by atoms with Crippen molar-refractivity contribution in [3.05, 3.63) is 17.0 Å². The van der Waals surface area contributed by atoms with Gasteiger partial charge in [-0.2, -0.15) is 5.10 Å². The van der Waals surface area contributed by atoms with E-state index in [-0.39, 0.29) is 12.6 Å². The van der Waals surface area contributed by atoms with Gasteiger partial charge in [-0.1, -0.05) is 6.92 Å². The van der Waals surface area contributed by atoms with Crippen LogP contribution in [-0.2, 0) is 13.0 Å². The molecule has 0 radical (unpaired) electrons. The molecule has 0 saturated heterocycles. The van der Waals surface area contributed by atoms with Crippen molar-refractivity contribution >= 4 is 0 Å². The van der Waals surface area contributed by atoms with Gasteiger partial charge in [0.15, 0.2) is 0 Å². The number of aliphatic hydroxyl groups excluding tert-OH is 1. The molecule has 1 aliphatic rings. The van der Waals surface area contributed by atoms with Crippen LogP contribution in [-0.4, -0.2) is 33.6 Å². The van der Waals surface area contributed by atoms with Crippen LogP contribution < -0.4 is 5.32 Å². The highest BCUT2D eigenvalue weighted by atomic mass is 16.3. The molecule has 0 aromatic carbocycles. The van der Waals surface area contributed by atoms with E-state index < -0.39 is 0 Å². The molecule has 1 unspecified atom stereocenters. The summed E-state index contributed by atoms with van der Waals surface area (Å²) < 4.78 is 2.03. The Morgan fingerprint density at radius 3 is 2.65 bits per heavy atom. The number of nitrogens with zero attached hydrogens (tertiary/aromatic N) is 2. The maximum Gasteiger partial charge on any atom is 0.0628 e. The predicted molar refractivity (Wildman–Crippen MR) is 68.1 cm³/mol. The summed E-state index contributed by atoms with van der Waals surface area (Å²) in [6.07, 6.45) is 3.51. The molecule has 1 aliphatic carbocycles. The van der Waals surface area contributed by atoms with E-state index in [4.69, 9.17) is 0 Å². The number of rotatable bonds is 6. The molecule has 1 aromatic heterocycles. The largest absolute Gasteiger partial charge is 0.395 e. The Balaban J connectivity index is 2.05. The molecule has 4 heteroatoms. The number of aryl methyl sites for hydroxylation is 1. The fraction of sp³-hybridized carbons (Fsp3) is 0.769. The van der Waals surface area contributed by atoms with Gasteiger partial charge < -0.3 is 10.4 Å². The van der Waals surface area contributed by atoms with Crippen LogP contribution in [0.3, 0.4) is 0 Å². The molecule has 1 saturated carbocycles. The third-order valence-electron chi connectivity index (χ3n) is 3.55. The smallest absolute Gasteiger partial charge is 0.0628 e. The SMILES string of the molecule is CCc1c(C)nn(CC(CO)NC2CC2)c1C. The number of nitrogens with one attached hydrogen (secondary N) is 1. The molecule has 1 fully saturated rings. The summed E-state index contributed by atoms with van der Waals surface area (Å²) in [4.78, 5) is 0. The minimum absolute atomic E-state index is 0.130. The van der Waals surface area contributed by atoms with Gasteiger partial charge in [0.1, 0.15) is 0 Å². The minimum Gasteiger partial charge on any atom is -0.395 e. The molecule has 2 N–H and O–H groups in total. The lowest BCUT2D eigenvalue weighted by Gasteiger charge is -2.17. The molecule has 1 aromatic rings. The van der Waals surface area contributed by atoms with Crippen molar-refractivity contribution in [2.75, 3.05) is 6.61 Å². The van der Waals surface area contributed by atoms with Crippen molar-refractivity contribution in [2.24, 2.45) is 0 Å². The highest BCUT2D eigenvalue weighted by Gasteiger charge is 2.25. The normalized spacial score (nSPS) is 17.4. The van der Waals surface area contributed by atoms with Gasteiger partial charge in [0.05, 0.1) is 24.9 Å². The average molecular weight is 237 g/mol. The van der Waals surface area contributed by atoms with Gasteiger partial charge in [0, 0.05) is 11.7 Å². The molecule has 0 aliphatic heterocycles. The molecule has 17 heavy (non-hydrogen) atoms. The molecule has 96 valence electrons. The summed E-state index contributed by atoms with van der Waals surface area (Å²) in [5, 5.41) is 17.4. The van der Waals surface area contributed by atoms with Gasteiger partial charge in [0.25, 0.3) is 0 Å². The molecular formula is C13H23N3O. The fourth-order valence-electron chi connectivity index (χ4n) is 2.38. The van der Waals surface area contributed by atoms with Crippen LogP contribution in [0.4, 0.5) is 0 Å². The van der Waals surface area contributed by atoms with E-state index in [1.807, 2.05) is 4.68 Å². The van der Waals surface area contributed by atoms with Gasteiger partial charge in [-0.05, 0) is 38.7 Å². The maximum atomic E-state index is 9.38. The minimum atomic E-state index is 0.130. The van der Waals surface area contributed by atoms with Gasteiger partial charge in [-0.3, -0.25) is 4.68 Å². The summed E-state index contributed by atoms with van der Waals surface area (Å²) >= 11 is 0. The maximum absolute atomic E-state index is 9.38. The summed E-state index contributed by atoms with van der Waals surface area (Å²) in [5.41, 5.74) is 3.70. The second-order valence-electron chi connectivity index (χ2n) is 5.01.